The van der Waals surface area contributed by atoms with E-state index in [1.165, 1.54) is 0 Å². The largest absolute Gasteiger partial charge is 0.481 e. The Hall–Kier alpha value is -1.26. The lowest BCUT2D eigenvalue weighted by atomic mass is 9.79. The number of amides is 2. The lowest BCUT2D eigenvalue weighted by molar-refractivity contribution is -0.144. The zero-order valence-electron chi connectivity index (χ0n) is 13.1. The Bertz CT molecular complexity index is 344. The molecule has 3 unspecified atom stereocenters. The SMILES string of the molecule is CC(C)C(C)N(C)C(=O)NCC1CCCCC1C(=O)O. The molecule has 0 heterocycles. The molecule has 0 aromatic carbocycles. The Balaban J connectivity index is 2.48. The fourth-order valence-electron chi connectivity index (χ4n) is 2.75. The first kappa shape index (κ1) is 16.8. The van der Waals surface area contributed by atoms with Crippen molar-refractivity contribution in [3.63, 3.8) is 0 Å². The molecule has 1 aliphatic carbocycles. The number of carbonyl (C=O) groups excluding carboxylic acids is 1. The molecule has 0 bridgehead atoms. The molecule has 0 spiro atoms. The average molecular weight is 284 g/mol. The number of aliphatic carboxylic acids is 1. The summed E-state index contributed by atoms with van der Waals surface area (Å²) < 4.78 is 0. The number of carbonyl (C=O) groups is 2. The third kappa shape index (κ3) is 4.39. The maximum atomic E-state index is 12.1. The minimum Gasteiger partial charge on any atom is -0.481 e. The van der Waals surface area contributed by atoms with Crippen molar-refractivity contribution in [1.82, 2.24) is 10.2 Å². The van der Waals surface area contributed by atoms with Gasteiger partial charge in [-0.2, -0.15) is 0 Å². The van der Waals surface area contributed by atoms with E-state index in [2.05, 4.69) is 19.2 Å². The highest BCUT2D eigenvalue weighted by Gasteiger charge is 2.31. The first-order valence-corrected chi connectivity index (χ1v) is 7.58. The van der Waals surface area contributed by atoms with Gasteiger partial charge >= 0.3 is 12.0 Å². The molecular weight excluding hydrogens is 256 g/mol. The van der Waals surface area contributed by atoms with Gasteiger partial charge in [0.25, 0.3) is 0 Å². The monoisotopic (exact) mass is 284 g/mol. The molecule has 2 N–H and O–H groups in total. The smallest absolute Gasteiger partial charge is 0.317 e. The number of nitrogens with one attached hydrogen (secondary N) is 1. The summed E-state index contributed by atoms with van der Waals surface area (Å²) in [6.07, 6.45) is 3.66. The van der Waals surface area contributed by atoms with E-state index in [0.29, 0.717) is 12.5 Å². The van der Waals surface area contributed by atoms with E-state index in [0.717, 1.165) is 25.7 Å². The molecule has 3 atom stereocenters. The zero-order chi connectivity index (χ0) is 15.3. The lowest BCUT2D eigenvalue weighted by Crippen LogP contribution is -2.47. The van der Waals surface area contributed by atoms with Crippen LogP contribution in [0.25, 0.3) is 0 Å². The van der Waals surface area contributed by atoms with Crippen LogP contribution >= 0.6 is 0 Å². The van der Waals surface area contributed by atoms with Crippen molar-refractivity contribution < 1.29 is 14.7 Å². The third-order valence-electron chi connectivity index (χ3n) is 4.64. The second-order valence-electron chi connectivity index (χ2n) is 6.27. The molecule has 116 valence electrons. The van der Waals surface area contributed by atoms with Gasteiger partial charge in [0.1, 0.15) is 0 Å². The van der Waals surface area contributed by atoms with Crippen LogP contribution < -0.4 is 5.32 Å². The predicted octanol–water partition coefficient (Wildman–Crippen LogP) is 2.56. The quantitative estimate of drug-likeness (QED) is 0.815. The highest BCUT2D eigenvalue weighted by molar-refractivity contribution is 5.74. The fraction of sp³-hybridized carbons (Fsp3) is 0.867. The first-order chi connectivity index (χ1) is 9.34. The molecule has 5 heteroatoms. The van der Waals surface area contributed by atoms with Crippen LogP contribution in [0.2, 0.25) is 0 Å². The summed E-state index contributed by atoms with van der Waals surface area (Å²) in [7, 11) is 1.79. The van der Waals surface area contributed by atoms with Crippen molar-refractivity contribution in [2.24, 2.45) is 17.8 Å². The van der Waals surface area contributed by atoms with Crippen LogP contribution in [0, 0.1) is 17.8 Å². The van der Waals surface area contributed by atoms with Crippen molar-refractivity contribution in [2.75, 3.05) is 13.6 Å². The fourth-order valence-corrected chi connectivity index (χ4v) is 2.75. The van der Waals surface area contributed by atoms with Gasteiger partial charge in [0.2, 0.25) is 0 Å². The van der Waals surface area contributed by atoms with Gasteiger partial charge in [-0.05, 0) is 31.6 Å². The number of nitrogens with zero attached hydrogens (tertiary/aromatic N) is 1. The van der Waals surface area contributed by atoms with Crippen LogP contribution in [-0.4, -0.2) is 41.6 Å². The van der Waals surface area contributed by atoms with Gasteiger partial charge < -0.3 is 15.3 Å². The van der Waals surface area contributed by atoms with Gasteiger partial charge in [0, 0.05) is 19.6 Å². The summed E-state index contributed by atoms with van der Waals surface area (Å²) in [4.78, 5) is 25.0. The van der Waals surface area contributed by atoms with Gasteiger partial charge in [0.15, 0.2) is 0 Å². The number of hydrogen-bond acceptors (Lipinski definition) is 2. The normalized spacial score (nSPS) is 24.2. The summed E-state index contributed by atoms with van der Waals surface area (Å²) in [5.41, 5.74) is 0. The van der Waals surface area contributed by atoms with E-state index in [4.69, 9.17) is 0 Å². The molecule has 1 saturated carbocycles. The van der Waals surface area contributed by atoms with Crippen molar-refractivity contribution >= 4 is 12.0 Å². The van der Waals surface area contributed by atoms with Crippen LogP contribution in [0.4, 0.5) is 4.79 Å². The molecule has 1 fully saturated rings. The summed E-state index contributed by atoms with van der Waals surface area (Å²) >= 11 is 0. The van der Waals surface area contributed by atoms with Crippen molar-refractivity contribution in [3.05, 3.63) is 0 Å². The molecule has 0 aliphatic heterocycles. The van der Waals surface area contributed by atoms with E-state index in [1.54, 1.807) is 11.9 Å². The first-order valence-electron chi connectivity index (χ1n) is 7.58. The zero-order valence-corrected chi connectivity index (χ0v) is 13.1. The van der Waals surface area contributed by atoms with E-state index < -0.39 is 5.97 Å². The Labute approximate surface area is 121 Å². The molecule has 2 amide bonds. The number of rotatable bonds is 5. The van der Waals surface area contributed by atoms with Crippen LogP contribution in [0.5, 0.6) is 0 Å². The van der Waals surface area contributed by atoms with Gasteiger partial charge in [-0.15, -0.1) is 0 Å². The minimum absolute atomic E-state index is 0.0629. The molecule has 0 aromatic rings. The summed E-state index contributed by atoms with van der Waals surface area (Å²) in [6, 6.07) is 0.0533. The molecule has 5 nitrogen and oxygen atoms in total. The van der Waals surface area contributed by atoms with Crippen LogP contribution in [0.15, 0.2) is 0 Å². The Morgan fingerprint density at radius 2 is 1.85 bits per heavy atom. The van der Waals surface area contributed by atoms with Crippen molar-refractivity contribution in [2.45, 2.75) is 52.5 Å². The van der Waals surface area contributed by atoms with Gasteiger partial charge in [-0.1, -0.05) is 26.7 Å². The Kier molecular flexibility index (Phi) is 6.30. The lowest BCUT2D eigenvalue weighted by Gasteiger charge is -2.31. The number of hydrogen-bond donors (Lipinski definition) is 2. The standard InChI is InChI=1S/C15H28N2O3/c1-10(2)11(3)17(4)15(20)16-9-12-7-5-6-8-13(12)14(18)19/h10-13H,5-9H2,1-4H3,(H,16,20)(H,18,19). The predicted molar refractivity (Wildman–Crippen MR) is 78.5 cm³/mol. The summed E-state index contributed by atoms with van der Waals surface area (Å²) in [5.74, 6) is -0.579. The van der Waals surface area contributed by atoms with Crippen LogP contribution in [0.1, 0.15) is 46.5 Å². The van der Waals surface area contributed by atoms with Crippen LogP contribution in [-0.2, 0) is 4.79 Å². The topological polar surface area (TPSA) is 69.6 Å². The van der Waals surface area contributed by atoms with E-state index in [1.807, 2.05) is 6.92 Å². The molecule has 20 heavy (non-hydrogen) atoms. The molecule has 1 rings (SSSR count). The maximum absolute atomic E-state index is 12.1. The summed E-state index contributed by atoms with van der Waals surface area (Å²) in [6.45, 7) is 6.64. The second-order valence-corrected chi connectivity index (χ2v) is 6.27. The van der Waals surface area contributed by atoms with Crippen molar-refractivity contribution in [3.8, 4) is 0 Å². The molecule has 0 saturated heterocycles. The second kappa shape index (κ2) is 7.50. The molecule has 0 radical (unpaired) electrons. The van der Waals surface area contributed by atoms with Gasteiger partial charge in [-0.25, -0.2) is 4.79 Å². The number of urea groups is 1. The maximum Gasteiger partial charge on any atom is 0.317 e. The Morgan fingerprint density at radius 1 is 1.25 bits per heavy atom. The van der Waals surface area contributed by atoms with Gasteiger partial charge in [0.05, 0.1) is 5.92 Å². The van der Waals surface area contributed by atoms with Crippen molar-refractivity contribution in [1.29, 1.82) is 0 Å². The number of carboxylic acid groups (broad SMARTS) is 1. The van der Waals surface area contributed by atoms with E-state index >= 15 is 0 Å². The minimum atomic E-state index is -0.729. The van der Waals surface area contributed by atoms with E-state index in [-0.39, 0.29) is 23.9 Å². The summed E-state index contributed by atoms with van der Waals surface area (Å²) in [5, 5.41) is 12.1. The van der Waals surface area contributed by atoms with Gasteiger partial charge in [-0.3, -0.25) is 4.79 Å². The molecular formula is C15H28N2O3. The third-order valence-corrected chi connectivity index (χ3v) is 4.64. The van der Waals surface area contributed by atoms with E-state index in [9.17, 15) is 14.7 Å². The van der Waals surface area contributed by atoms with Crippen LogP contribution in [0.3, 0.4) is 0 Å². The highest BCUT2D eigenvalue weighted by Crippen LogP contribution is 2.29. The Morgan fingerprint density at radius 3 is 2.40 bits per heavy atom. The number of carboxylic acids is 1. The molecule has 0 aromatic heterocycles. The highest BCUT2D eigenvalue weighted by atomic mass is 16.4. The molecule has 1 aliphatic rings. The average Bonchev–Trinajstić information content (AvgIpc) is 2.43.